The van der Waals surface area contributed by atoms with Crippen LogP contribution in [-0.2, 0) is 4.74 Å². The Morgan fingerprint density at radius 2 is 1.75 bits per heavy atom. The van der Waals surface area contributed by atoms with Gasteiger partial charge in [-0.3, -0.25) is 9.69 Å². The summed E-state index contributed by atoms with van der Waals surface area (Å²) >= 11 is 0. The summed E-state index contributed by atoms with van der Waals surface area (Å²) < 4.78 is 6.45. The van der Waals surface area contributed by atoms with Gasteiger partial charge in [0, 0.05) is 42.3 Å². The fourth-order valence-electron chi connectivity index (χ4n) is 5.23. The highest BCUT2D eigenvalue weighted by molar-refractivity contribution is 5.54. The molecule has 0 amide bonds. The smallest absolute Gasteiger partial charge is 0.251 e. The van der Waals surface area contributed by atoms with Gasteiger partial charge in [-0.2, -0.15) is 0 Å². The number of rotatable bonds is 4. The molecule has 6 heteroatoms. The largest absolute Gasteiger partial charge is 0.352 e. The maximum absolute atomic E-state index is 12.6. The summed E-state index contributed by atoms with van der Waals surface area (Å²) in [5.74, 6) is 0.895. The van der Waals surface area contributed by atoms with Gasteiger partial charge in [-0.1, -0.05) is 30.3 Å². The fourth-order valence-corrected chi connectivity index (χ4v) is 5.23. The van der Waals surface area contributed by atoms with Crippen LogP contribution in [0.15, 0.2) is 65.8 Å². The standard InChI is InChI=1S/C26H30N4O2/c1-26(2)17-30(25(32-26)19-7-4-3-5-8-19)21-11-9-18(10-12-21)22-15-20(16-29-24(22)31)23-27-13-6-14-28-23/h3-8,13-16,18,21,25H,9-12,17H2,1-2H3,(H,29,31)/t18?,21?,25-/m1/s1. The lowest BCUT2D eigenvalue weighted by Gasteiger charge is -2.37. The molecule has 0 spiro atoms. The molecule has 2 aliphatic rings. The summed E-state index contributed by atoms with van der Waals surface area (Å²) in [5.41, 5.74) is 2.76. The van der Waals surface area contributed by atoms with E-state index in [1.807, 2.05) is 12.1 Å². The molecule has 166 valence electrons. The minimum Gasteiger partial charge on any atom is -0.352 e. The van der Waals surface area contributed by atoms with E-state index in [1.54, 1.807) is 24.7 Å². The van der Waals surface area contributed by atoms with Gasteiger partial charge in [0.2, 0.25) is 0 Å². The number of ether oxygens (including phenoxy) is 1. The average molecular weight is 431 g/mol. The van der Waals surface area contributed by atoms with Crippen molar-refractivity contribution in [1.82, 2.24) is 19.9 Å². The van der Waals surface area contributed by atoms with Crippen LogP contribution in [0.3, 0.4) is 0 Å². The lowest BCUT2D eigenvalue weighted by atomic mass is 9.81. The zero-order chi connectivity index (χ0) is 22.1. The van der Waals surface area contributed by atoms with Crippen LogP contribution < -0.4 is 5.56 Å². The maximum Gasteiger partial charge on any atom is 0.251 e. The van der Waals surface area contributed by atoms with Crippen molar-refractivity contribution in [2.45, 2.75) is 63.3 Å². The minimum atomic E-state index is -0.168. The van der Waals surface area contributed by atoms with Gasteiger partial charge in [-0.25, -0.2) is 9.97 Å². The molecular weight excluding hydrogens is 400 g/mol. The van der Waals surface area contributed by atoms with E-state index in [9.17, 15) is 4.79 Å². The quantitative estimate of drug-likeness (QED) is 0.651. The molecule has 2 aromatic heterocycles. The summed E-state index contributed by atoms with van der Waals surface area (Å²) in [7, 11) is 0. The number of hydrogen-bond acceptors (Lipinski definition) is 5. The van der Waals surface area contributed by atoms with Gasteiger partial charge in [0.05, 0.1) is 5.60 Å². The summed E-state index contributed by atoms with van der Waals surface area (Å²) in [6.07, 6.45) is 9.24. The SMILES string of the molecule is CC1(C)CN(C2CCC(c3cc(-c4ncccn4)c[nH]c3=O)CC2)[C@@H](c2ccccc2)O1. The molecule has 3 aromatic rings. The van der Waals surface area contributed by atoms with E-state index in [1.165, 1.54) is 5.56 Å². The van der Waals surface area contributed by atoms with Gasteiger partial charge in [0.1, 0.15) is 6.23 Å². The van der Waals surface area contributed by atoms with Gasteiger partial charge in [0.15, 0.2) is 5.82 Å². The van der Waals surface area contributed by atoms with Crippen LogP contribution in [-0.4, -0.2) is 38.0 Å². The molecule has 0 bridgehead atoms. The van der Waals surface area contributed by atoms with Gasteiger partial charge in [-0.15, -0.1) is 0 Å². The second-order valence-electron chi connectivity index (χ2n) is 9.56. The van der Waals surface area contributed by atoms with Crippen molar-refractivity contribution in [3.05, 3.63) is 82.5 Å². The zero-order valence-corrected chi connectivity index (χ0v) is 18.7. The first kappa shape index (κ1) is 21.0. The predicted molar refractivity (Wildman–Crippen MR) is 124 cm³/mol. The number of nitrogens with one attached hydrogen (secondary N) is 1. The number of pyridine rings is 1. The topological polar surface area (TPSA) is 71.1 Å². The van der Waals surface area contributed by atoms with E-state index < -0.39 is 0 Å². The molecule has 0 unspecified atom stereocenters. The molecule has 2 fully saturated rings. The Labute approximate surface area is 188 Å². The third-order valence-electron chi connectivity index (χ3n) is 6.74. The summed E-state index contributed by atoms with van der Waals surface area (Å²) in [5, 5.41) is 0. The lowest BCUT2D eigenvalue weighted by molar-refractivity contribution is -0.0527. The first-order valence-corrected chi connectivity index (χ1v) is 11.5. The van der Waals surface area contributed by atoms with Crippen molar-refractivity contribution in [3.8, 4) is 11.4 Å². The normalized spacial score (nSPS) is 25.6. The van der Waals surface area contributed by atoms with Crippen LogP contribution in [0.4, 0.5) is 0 Å². The summed E-state index contributed by atoms with van der Waals surface area (Å²) in [4.78, 5) is 26.7. The molecule has 1 aromatic carbocycles. The summed E-state index contributed by atoms with van der Waals surface area (Å²) in [6, 6.07) is 14.7. The second-order valence-corrected chi connectivity index (χ2v) is 9.56. The number of H-pyrrole nitrogens is 1. The van der Waals surface area contributed by atoms with Crippen molar-refractivity contribution in [1.29, 1.82) is 0 Å². The first-order chi connectivity index (χ1) is 15.5. The Bertz CT molecular complexity index is 1110. The van der Waals surface area contributed by atoms with Gasteiger partial charge >= 0.3 is 0 Å². The molecule has 3 heterocycles. The predicted octanol–water partition coefficient (Wildman–Crippen LogP) is 4.67. The molecule has 0 radical (unpaired) electrons. The van der Waals surface area contributed by atoms with E-state index in [0.29, 0.717) is 11.9 Å². The minimum absolute atomic E-state index is 0.000863. The van der Waals surface area contributed by atoms with Crippen LogP contribution in [0.1, 0.15) is 62.8 Å². The van der Waals surface area contributed by atoms with Crippen LogP contribution in [0.5, 0.6) is 0 Å². The van der Waals surface area contributed by atoms with Crippen molar-refractivity contribution in [3.63, 3.8) is 0 Å². The molecule has 1 aliphatic heterocycles. The highest BCUT2D eigenvalue weighted by Gasteiger charge is 2.43. The molecule has 6 nitrogen and oxygen atoms in total. The number of hydrogen-bond donors (Lipinski definition) is 1. The van der Waals surface area contributed by atoms with E-state index >= 15 is 0 Å². The Morgan fingerprint density at radius 1 is 1.03 bits per heavy atom. The molecule has 1 saturated heterocycles. The first-order valence-electron chi connectivity index (χ1n) is 11.5. The highest BCUT2D eigenvalue weighted by Crippen LogP contribution is 2.42. The Balaban J connectivity index is 1.33. The number of benzene rings is 1. The van der Waals surface area contributed by atoms with E-state index in [4.69, 9.17) is 4.74 Å². The van der Waals surface area contributed by atoms with Gasteiger partial charge in [-0.05, 0) is 63.1 Å². The monoisotopic (exact) mass is 430 g/mol. The van der Waals surface area contributed by atoms with Gasteiger partial charge < -0.3 is 9.72 Å². The van der Waals surface area contributed by atoms with Crippen molar-refractivity contribution >= 4 is 0 Å². The average Bonchev–Trinajstić information content (AvgIpc) is 3.16. The van der Waals surface area contributed by atoms with Crippen LogP contribution in [0.25, 0.3) is 11.4 Å². The Hall–Kier alpha value is -2.83. The van der Waals surface area contributed by atoms with E-state index in [0.717, 1.165) is 43.4 Å². The van der Waals surface area contributed by atoms with Crippen molar-refractivity contribution in [2.75, 3.05) is 6.54 Å². The van der Waals surface area contributed by atoms with Crippen LogP contribution in [0.2, 0.25) is 0 Å². The molecule has 1 N–H and O–H groups in total. The highest BCUT2D eigenvalue weighted by atomic mass is 16.5. The number of nitrogens with zero attached hydrogens (tertiary/aromatic N) is 3. The third-order valence-corrected chi connectivity index (χ3v) is 6.74. The number of aromatic nitrogens is 3. The molecule has 5 rings (SSSR count). The Morgan fingerprint density at radius 3 is 2.47 bits per heavy atom. The molecule has 1 aliphatic carbocycles. The van der Waals surface area contributed by atoms with E-state index in [-0.39, 0.29) is 23.3 Å². The number of aromatic amines is 1. The summed E-state index contributed by atoms with van der Waals surface area (Å²) in [6.45, 7) is 5.26. The van der Waals surface area contributed by atoms with Crippen molar-refractivity contribution in [2.24, 2.45) is 0 Å². The molecule has 32 heavy (non-hydrogen) atoms. The molecular formula is C26H30N4O2. The van der Waals surface area contributed by atoms with Crippen LogP contribution in [0, 0.1) is 0 Å². The molecule has 1 atom stereocenters. The van der Waals surface area contributed by atoms with Gasteiger partial charge in [0.25, 0.3) is 5.56 Å². The lowest BCUT2D eigenvalue weighted by Crippen LogP contribution is -2.39. The maximum atomic E-state index is 12.6. The van der Waals surface area contributed by atoms with Crippen molar-refractivity contribution < 1.29 is 4.74 Å². The zero-order valence-electron chi connectivity index (χ0n) is 18.7. The molecule has 1 saturated carbocycles. The van der Waals surface area contributed by atoms with E-state index in [2.05, 4.69) is 58.0 Å². The fraction of sp³-hybridized carbons (Fsp3) is 0.423. The van der Waals surface area contributed by atoms with Crippen LogP contribution >= 0.6 is 0 Å². The Kier molecular flexibility index (Phi) is 5.66. The second kappa shape index (κ2) is 8.60. The third kappa shape index (κ3) is 4.25.